The smallest absolute Gasteiger partial charge is 0.305 e. The molecule has 4 rings (SSSR count). The van der Waals surface area contributed by atoms with E-state index in [2.05, 4.69) is 28.2 Å². The Morgan fingerprint density at radius 1 is 1.03 bits per heavy atom. The predicted octanol–water partition coefficient (Wildman–Crippen LogP) is 7.09. The molecule has 0 radical (unpaired) electrons. The van der Waals surface area contributed by atoms with Gasteiger partial charge >= 0.3 is 5.97 Å². The van der Waals surface area contributed by atoms with Crippen LogP contribution in [0.5, 0.6) is 0 Å². The van der Waals surface area contributed by atoms with Crippen LogP contribution in [0.2, 0.25) is 5.02 Å². The van der Waals surface area contributed by atoms with Crippen molar-refractivity contribution in [2.45, 2.75) is 32.6 Å². The number of carbonyl (C=O) groups excluding carboxylic acids is 2. The number of nitrogens with zero attached hydrogens (tertiary/aromatic N) is 1. The summed E-state index contributed by atoms with van der Waals surface area (Å²) in [5, 5.41) is 12.9. The van der Waals surface area contributed by atoms with Gasteiger partial charge in [0.2, 0.25) is 0 Å². The monoisotopic (exact) mass is 594 g/mol. The van der Waals surface area contributed by atoms with E-state index in [1.165, 1.54) is 0 Å². The average Bonchev–Trinajstić information content (AvgIpc) is 3.26. The van der Waals surface area contributed by atoms with E-state index in [1.807, 2.05) is 65.2 Å². The third-order valence-electron chi connectivity index (χ3n) is 6.41. The number of carboxylic acid groups (broad SMARTS) is 1. The van der Waals surface area contributed by atoms with Crippen molar-refractivity contribution in [3.05, 3.63) is 99.1 Å². The minimum Gasteiger partial charge on any atom is -0.481 e. The second kappa shape index (κ2) is 12.4. The van der Waals surface area contributed by atoms with Gasteiger partial charge in [0.05, 0.1) is 17.6 Å². The SMILES string of the molecule is CCC[C@@H](Cc1ccc(C(=O)NCCC(=O)O)cc1)C(=O)c1cc2cc(Cl)ccc2n1-c1cccc(Br)c1. The van der Waals surface area contributed by atoms with Crippen molar-refractivity contribution in [1.29, 1.82) is 0 Å². The van der Waals surface area contributed by atoms with E-state index in [4.69, 9.17) is 16.7 Å². The van der Waals surface area contributed by atoms with Gasteiger partial charge in [-0.1, -0.05) is 59.1 Å². The minimum atomic E-state index is -0.964. The van der Waals surface area contributed by atoms with Gasteiger partial charge in [0.1, 0.15) is 0 Å². The number of hydrogen-bond donors (Lipinski definition) is 2. The van der Waals surface area contributed by atoms with Crippen molar-refractivity contribution in [2.75, 3.05) is 6.54 Å². The number of ketones is 1. The molecule has 1 aromatic heterocycles. The second-order valence-corrected chi connectivity index (χ2v) is 10.6. The molecule has 0 aliphatic rings. The molecule has 0 saturated heterocycles. The molecule has 8 heteroatoms. The molecule has 0 saturated carbocycles. The first-order chi connectivity index (χ1) is 18.3. The van der Waals surface area contributed by atoms with Crippen molar-refractivity contribution in [1.82, 2.24) is 9.88 Å². The number of rotatable bonds is 11. The van der Waals surface area contributed by atoms with Gasteiger partial charge in [-0.15, -0.1) is 0 Å². The molecule has 6 nitrogen and oxygen atoms in total. The summed E-state index contributed by atoms with van der Waals surface area (Å²) in [4.78, 5) is 37.0. The number of aromatic nitrogens is 1. The molecule has 2 N–H and O–H groups in total. The van der Waals surface area contributed by atoms with Crippen LogP contribution >= 0.6 is 27.5 Å². The molecular formula is C30H28BrClN2O4. The summed E-state index contributed by atoms with van der Waals surface area (Å²) in [5.41, 5.74) is 3.79. The van der Waals surface area contributed by atoms with Crippen LogP contribution in [-0.2, 0) is 11.2 Å². The fourth-order valence-corrected chi connectivity index (χ4v) is 5.17. The Morgan fingerprint density at radius 3 is 2.47 bits per heavy atom. The highest BCUT2D eigenvalue weighted by molar-refractivity contribution is 9.10. The Hall–Kier alpha value is -3.42. The summed E-state index contributed by atoms with van der Waals surface area (Å²) in [6.45, 7) is 2.13. The van der Waals surface area contributed by atoms with Crippen molar-refractivity contribution >= 4 is 56.1 Å². The standard InChI is InChI=1S/C30H28BrClN2O4/c1-2-4-21(15-19-7-9-20(10-8-19)30(38)33-14-13-28(35)36)29(37)27-17-22-16-24(32)11-12-26(22)34(27)25-6-3-5-23(31)18-25/h3,5-12,16-18,21H,2,4,13-15H2,1H3,(H,33,38)(H,35,36)/t21-/m0/s1. The molecular weight excluding hydrogens is 568 g/mol. The lowest BCUT2D eigenvalue weighted by Crippen LogP contribution is -2.26. The van der Waals surface area contributed by atoms with Gasteiger partial charge in [-0.05, 0) is 73.0 Å². The Bertz CT molecular complexity index is 1480. The van der Waals surface area contributed by atoms with E-state index in [0.29, 0.717) is 22.7 Å². The number of amides is 1. The van der Waals surface area contributed by atoms with Crippen molar-refractivity contribution in [3.63, 3.8) is 0 Å². The molecule has 1 atom stereocenters. The quantitative estimate of drug-likeness (QED) is 0.181. The molecule has 4 aromatic rings. The van der Waals surface area contributed by atoms with Crippen molar-refractivity contribution in [3.8, 4) is 5.69 Å². The van der Waals surface area contributed by atoms with Crippen LogP contribution in [0.1, 0.15) is 52.6 Å². The fraction of sp³-hybridized carbons (Fsp3) is 0.233. The van der Waals surface area contributed by atoms with Crippen LogP contribution in [-0.4, -0.2) is 33.9 Å². The molecule has 0 spiro atoms. The number of aliphatic carboxylic acids is 1. The zero-order chi connectivity index (χ0) is 27.2. The molecule has 1 heterocycles. The van der Waals surface area contributed by atoms with Gasteiger partial charge in [-0.2, -0.15) is 0 Å². The van der Waals surface area contributed by atoms with Gasteiger partial charge in [-0.3, -0.25) is 14.4 Å². The number of hydrogen-bond acceptors (Lipinski definition) is 3. The van der Waals surface area contributed by atoms with Crippen LogP contribution < -0.4 is 5.32 Å². The van der Waals surface area contributed by atoms with E-state index in [-0.39, 0.29) is 30.6 Å². The fourth-order valence-electron chi connectivity index (χ4n) is 4.61. The first-order valence-electron chi connectivity index (χ1n) is 12.5. The second-order valence-electron chi connectivity index (χ2n) is 9.20. The molecule has 0 aliphatic heterocycles. The zero-order valence-corrected chi connectivity index (χ0v) is 23.3. The van der Waals surface area contributed by atoms with E-state index in [0.717, 1.165) is 39.5 Å². The molecule has 0 bridgehead atoms. The third-order valence-corrected chi connectivity index (χ3v) is 7.14. The number of carboxylic acids is 1. The number of nitrogens with one attached hydrogen (secondary N) is 1. The summed E-state index contributed by atoms with van der Waals surface area (Å²) in [6, 6.07) is 22.5. The maximum atomic E-state index is 14.0. The van der Waals surface area contributed by atoms with Gasteiger partial charge < -0.3 is 15.0 Å². The molecule has 0 aliphatic carbocycles. The number of fused-ring (bicyclic) bond motifs is 1. The summed E-state index contributed by atoms with van der Waals surface area (Å²) in [6.07, 6.45) is 1.97. The maximum absolute atomic E-state index is 14.0. The van der Waals surface area contributed by atoms with E-state index in [9.17, 15) is 14.4 Å². The molecule has 196 valence electrons. The van der Waals surface area contributed by atoms with E-state index < -0.39 is 5.97 Å². The Kier molecular flexibility index (Phi) is 9.02. The number of carbonyl (C=O) groups is 3. The van der Waals surface area contributed by atoms with Crippen LogP contribution in [0.25, 0.3) is 16.6 Å². The molecule has 1 amide bonds. The minimum absolute atomic E-state index is 0.0506. The summed E-state index contributed by atoms with van der Waals surface area (Å²) in [5.74, 6) is -1.49. The topological polar surface area (TPSA) is 88.4 Å². The summed E-state index contributed by atoms with van der Waals surface area (Å²) in [7, 11) is 0. The predicted molar refractivity (Wildman–Crippen MR) is 153 cm³/mol. The zero-order valence-electron chi connectivity index (χ0n) is 20.9. The number of halogens is 2. The molecule has 38 heavy (non-hydrogen) atoms. The summed E-state index contributed by atoms with van der Waals surface area (Å²) >= 11 is 9.82. The first-order valence-corrected chi connectivity index (χ1v) is 13.6. The highest BCUT2D eigenvalue weighted by atomic mass is 79.9. The lowest BCUT2D eigenvalue weighted by molar-refractivity contribution is -0.136. The van der Waals surface area contributed by atoms with Gasteiger partial charge in [0, 0.05) is 38.6 Å². The van der Waals surface area contributed by atoms with E-state index >= 15 is 0 Å². The van der Waals surface area contributed by atoms with Crippen LogP contribution in [0, 0.1) is 5.92 Å². The maximum Gasteiger partial charge on any atom is 0.305 e. The third kappa shape index (κ3) is 6.52. The molecule has 0 unspecified atom stereocenters. The largest absolute Gasteiger partial charge is 0.481 e. The van der Waals surface area contributed by atoms with Crippen molar-refractivity contribution < 1.29 is 19.5 Å². The Labute approximate surface area is 234 Å². The molecule has 0 fully saturated rings. The highest BCUT2D eigenvalue weighted by Crippen LogP contribution is 2.31. The number of benzene rings is 3. The van der Waals surface area contributed by atoms with Crippen LogP contribution in [0.15, 0.2) is 77.3 Å². The van der Waals surface area contributed by atoms with E-state index in [1.54, 1.807) is 12.1 Å². The molecule has 3 aromatic carbocycles. The summed E-state index contributed by atoms with van der Waals surface area (Å²) < 4.78 is 2.91. The van der Waals surface area contributed by atoms with Gasteiger partial charge in [0.15, 0.2) is 5.78 Å². The van der Waals surface area contributed by atoms with Crippen LogP contribution in [0.3, 0.4) is 0 Å². The van der Waals surface area contributed by atoms with Crippen molar-refractivity contribution in [2.24, 2.45) is 5.92 Å². The Morgan fingerprint density at radius 2 is 1.79 bits per heavy atom. The Balaban J connectivity index is 1.62. The van der Waals surface area contributed by atoms with Gasteiger partial charge in [-0.25, -0.2) is 0 Å². The average molecular weight is 596 g/mol. The lowest BCUT2D eigenvalue weighted by Gasteiger charge is -2.18. The van der Waals surface area contributed by atoms with Crippen LogP contribution in [0.4, 0.5) is 0 Å². The van der Waals surface area contributed by atoms with Gasteiger partial charge in [0.25, 0.3) is 5.91 Å². The highest BCUT2D eigenvalue weighted by Gasteiger charge is 2.25. The number of Topliss-reactive ketones (excluding diaryl/α,β-unsaturated/α-hetero) is 1. The normalized spacial score (nSPS) is 11.9. The first kappa shape index (κ1) is 27.6. The lowest BCUT2D eigenvalue weighted by atomic mass is 9.89.